The molecular weight excluding hydrogens is 309 g/mol. The highest BCUT2D eigenvalue weighted by atomic mass is 35.5. The van der Waals surface area contributed by atoms with Crippen molar-refractivity contribution in [3.05, 3.63) is 29.0 Å². The summed E-state index contributed by atoms with van der Waals surface area (Å²) in [5.74, 6) is -2.28. The third kappa shape index (κ3) is 2.65. The summed E-state index contributed by atoms with van der Waals surface area (Å²) in [6.45, 7) is 0.0608. The summed E-state index contributed by atoms with van der Waals surface area (Å²) >= 11 is 5.58. The summed E-state index contributed by atoms with van der Waals surface area (Å²) in [7, 11) is -4.22. The zero-order chi connectivity index (χ0) is 14.9. The number of hydrogen-bond donors (Lipinski definition) is 1. The van der Waals surface area contributed by atoms with Crippen LogP contribution in [0.4, 0.5) is 4.39 Å². The van der Waals surface area contributed by atoms with E-state index in [0.29, 0.717) is 12.8 Å². The van der Waals surface area contributed by atoms with Crippen LogP contribution in [0, 0.1) is 5.82 Å². The predicted molar refractivity (Wildman–Crippen MR) is 70.6 cm³/mol. The third-order valence-electron chi connectivity index (χ3n) is 3.24. The lowest BCUT2D eigenvalue weighted by Crippen LogP contribution is -2.48. The van der Waals surface area contributed by atoms with E-state index in [9.17, 15) is 17.6 Å². The highest BCUT2D eigenvalue weighted by Crippen LogP contribution is 2.29. The number of piperidine rings is 1. The molecule has 0 bridgehead atoms. The molecule has 1 saturated heterocycles. The van der Waals surface area contributed by atoms with Gasteiger partial charge in [-0.1, -0.05) is 17.7 Å². The zero-order valence-corrected chi connectivity index (χ0v) is 12.0. The molecule has 0 amide bonds. The molecule has 1 aliphatic heterocycles. The molecule has 2 rings (SSSR count). The molecule has 1 aromatic carbocycles. The number of carbonyl (C=O) groups is 1. The van der Waals surface area contributed by atoms with Crippen LogP contribution in [0.15, 0.2) is 23.1 Å². The van der Waals surface area contributed by atoms with E-state index >= 15 is 0 Å². The summed E-state index contributed by atoms with van der Waals surface area (Å²) in [6.07, 6.45) is 1.39. The molecule has 1 aliphatic rings. The second kappa shape index (κ2) is 5.67. The standard InChI is InChI=1S/C12H13ClFNO4S/c13-8-4-3-6-10(11(8)14)20(18,19)15-7-2-1-5-9(15)12(16)17/h3-4,6,9H,1-2,5,7H2,(H,16,17). The molecule has 0 spiro atoms. The van der Waals surface area contributed by atoms with Crippen LogP contribution in [-0.4, -0.2) is 36.4 Å². The van der Waals surface area contributed by atoms with E-state index < -0.39 is 32.7 Å². The monoisotopic (exact) mass is 321 g/mol. The number of nitrogens with zero attached hydrogens (tertiary/aromatic N) is 1. The van der Waals surface area contributed by atoms with E-state index in [-0.39, 0.29) is 18.0 Å². The maximum atomic E-state index is 13.9. The minimum atomic E-state index is -4.22. The fourth-order valence-corrected chi connectivity index (χ4v) is 4.22. The first kappa shape index (κ1) is 15.2. The molecule has 1 heterocycles. The summed E-state index contributed by atoms with van der Waals surface area (Å²) in [6, 6.07) is 2.48. The molecule has 20 heavy (non-hydrogen) atoms. The van der Waals surface area contributed by atoms with Crippen molar-refractivity contribution in [2.45, 2.75) is 30.2 Å². The second-order valence-electron chi connectivity index (χ2n) is 4.52. The summed E-state index contributed by atoms with van der Waals surface area (Å²) in [5.41, 5.74) is 0. The van der Waals surface area contributed by atoms with Crippen molar-refractivity contribution in [3.63, 3.8) is 0 Å². The van der Waals surface area contributed by atoms with E-state index in [0.717, 1.165) is 10.4 Å². The predicted octanol–water partition coefficient (Wildman–Crippen LogP) is 2.11. The Labute approximate surface area is 121 Å². The fraction of sp³-hybridized carbons (Fsp3) is 0.417. The van der Waals surface area contributed by atoms with Gasteiger partial charge in [0, 0.05) is 6.54 Å². The van der Waals surface area contributed by atoms with Crippen molar-refractivity contribution in [1.82, 2.24) is 4.31 Å². The molecule has 0 radical (unpaired) electrons. The Balaban J connectivity index is 2.48. The Morgan fingerprint density at radius 3 is 2.75 bits per heavy atom. The molecule has 1 unspecified atom stereocenters. The van der Waals surface area contributed by atoms with Gasteiger partial charge in [0.1, 0.15) is 10.9 Å². The third-order valence-corrected chi connectivity index (χ3v) is 5.46. The van der Waals surface area contributed by atoms with Crippen LogP contribution in [0.1, 0.15) is 19.3 Å². The van der Waals surface area contributed by atoms with Gasteiger partial charge in [-0.3, -0.25) is 4.79 Å². The van der Waals surface area contributed by atoms with Crippen LogP contribution < -0.4 is 0 Å². The van der Waals surface area contributed by atoms with Gasteiger partial charge in [-0.25, -0.2) is 12.8 Å². The SMILES string of the molecule is O=C(O)C1CCCCN1S(=O)(=O)c1cccc(Cl)c1F. The minimum absolute atomic E-state index is 0.0608. The van der Waals surface area contributed by atoms with E-state index in [4.69, 9.17) is 16.7 Å². The molecule has 1 atom stereocenters. The normalized spacial score (nSPS) is 20.8. The van der Waals surface area contributed by atoms with Crippen molar-refractivity contribution >= 4 is 27.6 Å². The van der Waals surface area contributed by atoms with Gasteiger partial charge in [-0.15, -0.1) is 0 Å². The van der Waals surface area contributed by atoms with Gasteiger partial charge in [0.2, 0.25) is 10.0 Å². The summed E-state index contributed by atoms with van der Waals surface area (Å²) in [5, 5.41) is 8.81. The number of halogens is 2. The maximum absolute atomic E-state index is 13.9. The van der Waals surface area contributed by atoms with Gasteiger partial charge >= 0.3 is 5.97 Å². The van der Waals surface area contributed by atoms with Crippen molar-refractivity contribution in [2.24, 2.45) is 0 Å². The van der Waals surface area contributed by atoms with E-state index in [1.54, 1.807) is 0 Å². The molecule has 1 N–H and O–H groups in total. The number of carboxylic acids is 1. The van der Waals surface area contributed by atoms with E-state index in [1.165, 1.54) is 12.1 Å². The van der Waals surface area contributed by atoms with Gasteiger partial charge in [-0.2, -0.15) is 4.31 Å². The molecular formula is C12H13ClFNO4S. The van der Waals surface area contributed by atoms with Crippen molar-refractivity contribution in [3.8, 4) is 0 Å². The Kier molecular flexibility index (Phi) is 4.31. The van der Waals surface area contributed by atoms with E-state index in [2.05, 4.69) is 0 Å². The highest BCUT2D eigenvalue weighted by Gasteiger charge is 2.39. The van der Waals surface area contributed by atoms with Crippen LogP contribution >= 0.6 is 11.6 Å². The molecule has 1 fully saturated rings. The van der Waals surface area contributed by atoms with Gasteiger partial charge in [0.15, 0.2) is 5.82 Å². The number of sulfonamides is 1. The van der Waals surface area contributed by atoms with Crippen LogP contribution in [-0.2, 0) is 14.8 Å². The molecule has 1 aromatic rings. The molecule has 110 valence electrons. The Bertz CT molecular complexity index is 634. The van der Waals surface area contributed by atoms with Crippen molar-refractivity contribution in [1.29, 1.82) is 0 Å². The second-order valence-corrected chi connectivity index (χ2v) is 6.78. The quantitative estimate of drug-likeness (QED) is 0.925. The lowest BCUT2D eigenvalue weighted by molar-refractivity contribution is -0.142. The minimum Gasteiger partial charge on any atom is -0.480 e. The van der Waals surface area contributed by atoms with Crippen LogP contribution in [0.5, 0.6) is 0 Å². The number of aliphatic carboxylic acids is 1. The lowest BCUT2D eigenvalue weighted by Gasteiger charge is -2.31. The average molecular weight is 322 g/mol. The topological polar surface area (TPSA) is 74.7 Å². The van der Waals surface area contributed by atoms with Crippen molar-refractivity contribution in [2.75, 3.05) is 6.54 Å². The summed E-state index contributed by atoms with van der Waals surface area (Å²) in [4.78, 5) is 10.6. The summed E-state index contributed by atoms with van der Waals surface area (Å²) < 4.78 is 39.6. The van der Waals surface area contributed by atoms with Gasteiger partial charge in [-0.05, 0) is 31.4 Å². The average Bonchev–Trinajstić information content (AvgIpc) is 2.41. The zero-order valence-electron chi connectivity index (χ0n) is 10.4. The highest BCUT2D eigenvalue weighted by molar-refractivity contribution is 7.89. The number of rotatable bonds is 3. The maximum Gasteiger partial charge on any atom is 0.322 e. The van der Waals surface area contributed by atoms with Gasteiger partial charge in [0.05, 0.1) is 5.02 Å². The molecule has 0 saturated carbocycles. The lowest BCUT2D eigenvalue weighted by atomic mass is 10.1. The van der Waals surface area contributed by atoms with E-state index in [1.807, 2.05) is 0 Å². The Morgan fingerprint density at radius 1 is 1.40 bits per heavy atom. The number of hydrogen-bond acceptors (Lipinski definition) is 3. The Hall–Kier alpha value is -1.18. The van der Waals surface area contributed by atoms with Crippen LogP contribution in [0.2, 0.25) is 5.02 Å². The molecule has 5 nitrogen and oxygen atoms in total. The number of carboxylic acid groups (broad SMARTS) is 1. The first-order valence-corrected chi connectivity index (χ1v) is 7.86. The number of benzene rings is 1. The molecule has 0 aromatic heterocycles. The van der Waals surface area contributed by atoms with Gasteiger partial charge < -0.3 is 5.11 Å². The largest absolute Gasteiger partial charge is 0.480 e. The smallest absolute Gasteiger partial charge is 0.322 e. The molecule has 0 aliphatic carbocycles. The first-order valence-electron chi connectivity index (χ1n) is 6.04. The Morgan fingerprint density at radius 2 is 2.10 bits per heavy atom. The molecule has 8 heteroatoms. The van der Waals surface area contributed by atoms with Crippen LogP contribution in [0.3, 0.4) is 0 Å². The fourth-order valence-electron chi connectivity index (χ4n) is 2.25. The van der Waals surface area contributed by atoms with Gasteiger partial charge in [0.25, 0.3) is 0 Å². The van der Waals surface area contributed by atoms with Crippen molar-refractivity contribution < 1.29 is 22.7 Å². The van der Waals surface area contributed by atoms with Crippen LogP contribution in [0.25, 0.3) is 0 Å². The first-order chi connectivity index (χ1) is 9.35.